The minimum absolute atomic E-state index is 0.0122. The van der Waals surface area contributed by atoms with Crippen LogP contribution in [0.4, 0.5) is 4.39 Å². The van der Waals surface area contributed by atoms with E-state index in [0.717, 1.165) is 6.42 Å². The molecule has 1 aromatic rings. The Morgan fingerprint density at radius 1 is 1.16 bits per heavy atom. The van der Waals surface area contributed by atoms with E-state index >= 15 is 0 Å². The summed E-state index contributed by atoms with van der Waals surface area (Å²) in [5.41, 5.74) is 0.108. The van der Waals surface area contributed by atoms with E-state index in [1.54, 1.807) is 9.80 Å². The van der Waals surface area contributed by atoms with Crippen molar-refractivity contribution in [3.8, 4) is 0 Å². The first-order valence-corrected chi connectivity index (χ1v) is 6.25. The Kier molecular flexibility index (Phi) is 4.09. The van der Waals surface area contributed by atoms with Gasteiger partial charge in [0.15, 0.2) is 0 Å². The van der Waals surface area contributed by atoms with Gasteiger partial charge in [0.05, 0.1) is 0 Å². The fourth-order valence-corrected chi connectivity index (χ4v) is 2.12. The first kappa shape index (κ1) is 13.5. The molecule has 102 valence electrons. The van der Waals surface area contributed by atoms with Crippen LogP contribution >= 0.6 is 0 Å². The van der Waals surface area contributed by atoms with Crippen molar-refractivity contribution in [1.29, 1.82) is 0 Å². The molecule has 2 amide bonds. The molecule has 0 unspecified atom stereocenters. The first-order chi connectivity index (χ1) is 9.08. The molecule has 2 rings (SSSR count). The van der Waals surface area contributed by atoms with Gasteiger partial charge >= 0.3 is 0 Å². The van der Waals surface area contributed by atoms with Gasteiger partial charge in [-0.15, -0.1) is 0 Å². The summed E-state index contributed by atoms with van der Waals surface area (Å²) in [7, 11) is 0. The number of hydrogen-bond acceptors (Lipinski definition) is 3. The van der Waals surface area contributed by atoms with Gasteiger partial charge in [0, 0.05) is 33.1 Å². The van der Waals surface area contributed by atoms with E-state index in [9.17, 15) is 14.0 Å². The van der Waals surface area contributed by atoms with Crippen LogP contribution in [-0.2, 0) is 4.79 Å². The van der Waals surface area contributed by atoms with Crippen molar-refractivity contribution in [2.75, 3.05) is 26.2 Å². The summed E-state index contributed by atoms with van der Waals surface area (Å²) in [6.07, 6.45) is 0.723. The minimum atomic E-state index is -0.661. The lowest BCUT2D eigenvalue weighted by Gasteiger charge is -2.21. The highest BCUT2D eigenvalue weighted by Gasteiger charge is 2.22. The van der Waals surface area contributed by atoms with Crippen molar-refractivity contribution in [1.82, 2.24) is 14.8 Å². The highest BCUT2D eigenvalue weighted by Crippen LogP contribution is 2.08. The molecular formula is C13H16FN3O2. The summed E-state index contributed by atoms with van der Waals surface area (Å²) in [4.78, 5) is 30.4. The van der Waals surface area contributed by atoms with Gasteiger partial charge in [-0.3, -0.25) is 9.59 Å². The van der Waals surface area contributed by atoms with Gasteiger partial charge in [-0.2, -0.15) is 4.39 Å². The summed E-state index contributed by atoms with van der Waals surface area (Å²) < 4.78 is 13.0. The van der Waals surface area contributed by atoms with Crippen LogP contribution in [0, 0.1) is 5.95 Å². The van der Waals surface area contributed by atoms with Gasteiger partial charge in [-0.05, 0) is 18.6 Å². The zero-order chi connectivity index (χ0) is 13.8. The molecule has 0 saturated carbocycles. The highest BCUT2D eigenvalue weighted by molar-refractivity contribution is 5.92. The smallest absolute Gasteiger partial charge is 0.272 e. The fraction of sp³-hybridized carbons (Fsp3) is 0.462. The Balaban J connectivity index is 2.06. The number of pyridine rings is 1. The number of amides is 2. The van der Waals surface area contributed by atoms with Gasteiger partial charge in [-0.25, -0.2) is 4.98 Å². The van der Waals surface area contributed by atoms with Crippen molar-refractivity contribution in [2.45, 2.75) is 13.3 Å². The molecule has 1 aliphatic heterocycles. The van der Waals surface area contributed by atoms with Crippen molar-refractivity contribution in [3.63, 3.8) is 0 Å². The lowest BCUT2D eigenvalue weighted by molar-refractivity contribution is -0.128. The van der Waals surface area contributed by atoms with Crippen LogP contribution in [0.25, 0.3) is 0 Å². The lowest BCUT2D eigenvalue weighted by Crippen LogP contribution is -2.36. The van der Waals surface area contributed by atoms with E-state index in [-0.39, 0.29) is 17.5 Å². The summed E-state index contributed by atoms with van der Waals surface area (Å²) >= 11 is 0. The van der Waals surface area contributed by atoms with E-state index in [1.165, 1.54) is 25.1 Å². The second kappa shape index (κ2) is 5.77. The van der Waals surface area contributed by atoms with Gasteiger partial charge in [0.25, 0.3) is 5.91 Å². The van der Waals surface area contributed by atoms with Crippen LogP contribution in [0.2, 0.25) is 0 Å². The molecule has 0 aliphatic carbocycles. The number of carbonyl (C=O) groups excluding carboxylic acids is 2. The van der Waals surface area contributed by atoms with Gasteiger partial charge in [0.1, 0.15) is 5.69 Å². The van der Waals surface area contributed by atoms with Crippen LogP contribution in [0.1, 0.15) is 23.8 Å². The molecule has 1 aliphatic rings. The van der Waals surface area contributed by atoms with Gasteiger partial charge in [-0.1, -0.05) is 6.07 Å². The molecule has 5 nitrogen and oxygen atoms in total. The van der Waals surface area contributed by atoms with Crippen LogP contribution < -0.4 is 0 Å². The Labute approximate surface area is 111 Å². The Morgan fingerprint density at radius 2 is 1.84 bits per heavy atom. The molecule has 0 spiro atoms. The second-order valence-electron chi connectivity index (χ2n) is 4.50. The molecule has 0 radical (unpaired) electrons. The maximum absolute atomic E-state index is 13.0. The summed E-state index contributed by atoms with van der Waals surface area (Å²) in [5, 5.41) is 0. The van der Waals surface area contributed by atoms with Crippen molar-refractivity contribution in [2.24, 2.45) is 0 Å². The minimum Gasteiger partial charge on any atom is -0.341 e. The topological polar surface area (TPSA) is 53.5 Å². The molecule has 0 N–H and O–H groups in total. The van der Waals surface area contributed by atoms with Crippen molar-refractivity contribution in [3.05, 3.63) is 29.8 Å². The van der Waals surface area contributed by atoms with Crippen LogP contribution in [-0.4, -0.2) is 52.8 Å². The zero-order valence-electron chi connectivity index (χ0n) is 10.8. The number of carbonyl (C=O) groups is 2. The summed E-state index contributed by atoms with van der Waals surface area (Å²) in [5.74, 6) is -0.936. The molecule has 0 atom stereocenters. The number of halogens is 1. The first-order valence-electron chi connectivity index (χ1n) is 6.25. The van der Waals surface area contributed by atoms with Crippen molar-refractivity contribution < 1.29 is 14.0 Å². The summed E-state index contributed by atoms with van der Waals surface area (Å²) in [6.45, 7) is 3.69. The third kappa shape index (κ3) is 3.27. The van der Waals surface area contributed by atoms with Crippen molar-refractivity contribution >= 4 is 11.8 Å². The van der Waals surface area contributed by atoms with Crippen LogP contribution in [0.3, 0.4) is 0 Å². The largest absolute Gasteiger partial charge is 0.341 e. The number of hydrogen-bond donors (Lipinski definition) is 0. The summed E-state index contributed by atoms with van der Waals surface area (Å²) in [6, 6.07) is 4.17. The molecular weight excluding hydrogens is 249 g/mol. The number of nitrogens with zero attached hydrogens (tertiary/aromatic N) is 3. The third-order valence-corrected chi connectivity index (χ3v) is 3.16. The van der Waals surface area contributed by atoms with E-state index in [2.05, 4.69) is 4.98 Å². The molecule has 1 aromatic heterocycles. The Morgan fingerprint density at radius 3 is 2.53 bits per heavy atom. The van der Waals surface area contributed by atoms with Crippen LogP contribution in [0.5, 0.6) is 0 Å². The molecule has 1 saturated heterocycles. The molecule has 0 aromatic carbocycles. The standard InChI is InChI=1S/C13H16FN3O2/c1-10(18)16-6-3-7-17(9-8-16)13(19)11-4-2-5-12(14)15-11/h2,4-5H,3,6-9H2,1H3. The van der Waals surface area contributed by atoms with Gasteiger partial charge in [0.2, 0.25) is 11.9 Å². The fourth-order valence-electron chi connectivity index (χ4n) is 2.12. The maximum Gasteiger partial charge on any atom is 0.272 e. The normalized spacial score (nSPS) is 16.1. The quantitative estimate of drug-likeness (QED) is 0.709. The molecule has 19 heavy (non-hydrogen) atoms. The van der Waals surface area contributed by atoms with E-state index in [1.807, 2.05) is 0 Å². The molecule has 0 bridgehead atoms. The number of aromatic nitrogens is 1. The Bertz CT molecular complexity index is 493. The predicted octanol–water partition coefficient (Wildman–Crippen LogP) is 0.915. The maximum atomic E-state index is 13.0. The molecule has 6 heteroatoms. The monoisotopic (exact) mass is 265 g/mol. The average molecular weight is 265 g/mol. The van der Waals surface area contributed by atoms with E-state index in [4.69, 9.17) is 0 Å². The third-order valence-electron chi connectivity index (χ3n) is 3.16. The predicted molar refractivity (Wildman–Crippen MR) is 67.0 cm³/mol. The molecule has 2 heterocycles. The second-order valence-corrected chi connectivity index (χ2v) is 4.50. The zero-order valence-corrected chi connectivity index (χ0v) is 10.8. The van der Waals surface area contributed by atoms with E-state index in [0.29, 0.717) is 26.2 Å². The molecule has 1 fully saturated rings. The lowest BCUT2D eigenvalue weighted by atomic mass is 10.3. The van der Waals surface area contributed by atoms with Crippen LogP contribution in [0.15, 0.2) is 18.2 Å². The number of rotatable bonds is 1. The Hall–Kier alpha value is -1.98. The SMILES string of the molecule is CC(=O)N1CCCN(C(=O)c2cccc(F)n2)CC1. The van der Waals surface area contributed by atoms with Gasteiger partial charge < -0.3 is 9.80 Å². The van der Waals surface area contributed by atoms with E-state index < -0.39 is 5.95 Å². The highest BCUT2D eigenvalue weighted by atomic mass is 19.1. The average Bonchev–Trinajstić information content (AvgIpc) is 2.63.